The summed E-state index contributed by atoms with van der Waals surface area (Å²) in [6, 6.07) is 20.4. The summed E-state index contributed by atoms with van der Waals surface area (Å²) in [5, 5.41) is 14.5. The Bertz CT molecular complexity index is 1450. The quantitative estimate of drug-likeness (QED) is 0.361. The van der Waals surface area contributed by atoms with Crippen molar-refractivity contribution in [3.05, 3.63) is 77.3 Å². The van der Waals surface area contributed by atoms with Crippen molar-refractivity contribution in [1.82, 2.24) is 14.9 Å². The number of hydrogen-bond donors (Lipinski definition) is 2. The Hall–Kier alpha value is -3.00. The van der Waals surface area contributed by atoms with Crippen molar-refractivity contribution in [2.24, 2.45) is 0 Å². The molecule has 0 bridgehead atoms. The molecular weight excluding hydrogens is 456 g/mol. The largest absolute Gasteiger partial charge is 0.338 e. The van der Waals surface area contributed by atoms with Crippen LogP contribution in [0, 0.1) is 6.92 Å². The van der Waals surface area contributed by atoms with E-state index in [1.807, 2.05) is 69.3 Å². The van der Waals surface area contributed by atoms with Gasteiger partial charge in [0.05, 0.1) is 4.90 Å². The van der Waals surface area contributed by atoms with Gasteiger partial charge in [-0.1, -0.05) is 54.1 Å². The first-order chi connectivity index (χ1) is 15.5. The maximum atomic E-state index is 13.0. The van der Waals surface area contributed by atoms with Crippen LogP contribution in [0.1, 0.15) is 26.3 Å². The van der Waals surface area contributed by atoms with Gasteiger partial charge in [-0.2, -0.15) is 0 Å². The minimum atomic E-state index is -3.71. The van der Waals surface area contributed by atoms with Crippen LogP contribution in [0.2, 0.25) is 5.02 Å². The molecule has 170 valence electrons. The molecule has 2 N–H and O–H groups in total. The van der Waals surface area contributed by atoms with Gasteiger partial charge in [0.25, 0.3) is 0 Å². The molecule has 1 aromatic heterocycles. The third-order valence-electron chi connectivity index (χ3n) is 4.97. The van der Waals surface area contributed by atoms with E-state index >= 15 is 0 Å². The third-order valence-corrected chi connectivity index (χ3v) is 7.10. The fourth-order valence-corrected chi connectivity index (χ4v) is 5.49. The molecule has 0 aliphatic heterocycles. The van der Waals surface area contributed by atoms with Crippen LogP contribution in [-0.4, -0.2) is 24.2 Å². The average Bonchev–Trinajstić information content (AvgIpc) is 2.73. The van der Waals surface area contributed by atoms with Gasteiger partial charge in [-0.3, -0.25) is 0 Å². The number of nitrogens with zero attached hydrogens (tertiary/aromatic N) is 2. The molecule has 0 spiro atoms. The smallest absolute Gasteiger partial charge is 0.241 e. The topological polar surface area (TPSA) is 84.0 Å². The number of anilines is 2. The van der Waals surface area contributed by atoms with Gasteiger partial charge in [-0.25, -0.2) is 13.1 Å². The summed E-state index contributed by atoms with van der Waals surface area (Å²) in [5.41, 5.74) is 2.14. The normalized spacial score (nSPS) is 12.2. The first-order valence-corrected chi connectivity index (χ1v) is 12.3. The lowest BCUT2D eigenvalue weighted by Gasteiger charge is -2.21. The van der Waals surface area contributed by atoms with E-state index in [0.717, 1.165) is 16.5 Å². The van der Waals surface area contributed by atoms with Crippen LogP contribution in [-0.2, 0) is 10.0 Å². The molecule has 33 heavy (non-hydrogen) atoms. The zero-order chi connectivity index (χ0) is 23.8. The Morgan fingerprint density at radius 2 is 1.61 bits per heavy atom. The van der Waals surface area contributed by atoms with Crippen LogP contribution in [0.4, 0.5) is 11.5 Å². The lowest BCUT2D eigenvalue weighted by Crippen LogP contribution is -2.40. The highest BCUT2D eigenvalue weighted by Crippen LogP contribution is 2.33. The lowest BCUT2D eigenvalue weighted by atomic mass is 10.0. The Kier molecular flexibility index (Phi) is 6.14. The Balaban J connectivity index is 1.82. The van der Waals surface area contributed by atoms with Crippen molar-refractivity contribution in [2.75, 3.05) is 5.32 Å². The van der Waals surface area contributed by atoms with Crippen molar-refractivity contribution < 1.29 is 8.42 Å². The predicted molar refractivity (Wildman–Crippen MR) is 135 cm³/mol. The third kappa shape index (κ3) is 5.16. The molecule has 3 aromatic carbocycles. The molecule has 0 aliphatic rings. The number of aromatic nitrogens is 2. The first kappa shape index (κ1) is 23.2. The van der Waals surface area contributed by atoms with Crippen LogP contribution in [0.25, 0.3) is 22.0 Å². The van der Waals surface area contributed by atoms with Gasteiger partial charge in [-0.15, -0.1) is 10.2 Å². The van der Waals surface area contributed by atoms with Gasteiger partial charge in [0.2, 0.25) is 10.0 Å². The number of rotatable bonds is 5. The van der Waals surface area contributed by atoms with Gasteiger partial charge in [-0.05, 0) is 57.5 Å². The molecule has 1 heterocycles. The van der Waals surface area contributed by atoms with Crippen LogP contribution < -0.4 is 10.0 Å². The average molecular weight is 481 g/mol. The molecule has 0 radical (unpaired) electrons. The van der Waals surface area contributed by atoms with E-state index in [0.29, 0.717) is 27.7 Å². The zero-order valence-electron chi connectivity index (χ0n) is 18.8. The van der Waals surface area contributed by atoms with Crippen LogP contribution in [0.15, 0.2) is 71.6 Å². The molecule has 0 saturated carbocycles. The molecule has 0 aliphatic carbocycles. The number of aryl methyl sites for hydroxylation is 1. The van der Waals surface area contributed by atoms with Crippen molar-refractivity contribution in [3.63, 3.8) is 0 Å². The monoisotopic (exact) mass is 480 g/mol. The number of hydrogen-bond acceptors (Lipinski definition) is 5. The molecule has 0 unspecified atom stereocenters. The summed E-state index contributed by atoms with van der Waals surface area (Å²) in [5.74, 6) is 0.589. The fraction of sp³-hybridized carbons (Fsp3) is 0.200. The molecule has 0 atom stereocenters. The summed E-state index contributed by atoms with van der Waals surface area (Å²) in [4.78, 5) is 0.224. The van der Waals surface area contributed by atoms with Gasteiger partial charge >= 0.3 is 0 Å². The summed E-state index contributed by atoms with van der Waals surface area (Å²) >= 11 is 6.11. The Labute approximate surface area is 199 Å². The number of fused-ring (bicyclic) bond motifs is 1. The number of nitrogens with one attached hydrogen (secondary N) is 2. The van der Waals surface area contributed by atoms with E-state index in [2.05, 4.69) is 20.2 Å². The summed E-state index contributed by atoms with van der Waals surface area (Å²) < 4.78 is 28.8. The molecule has 8 heteroatoms. The van der Waals surface area contributed by atoms with Gasteiger partial charge in [0.15, 0.2) is 5.82 Å². The highest BCUT2D eigenvalue weighted by atomic mass is 35.5. The highest BCUT2D eigenvalue weighted by Gasteiger charge is 2.24. The summed E-state index contributed by atoms with van der Waals surface area (Å²) in [6.45, 7) is 7.22. The SMILES string of the molecule is Cc1ccc(-c2nnc(Nc3cccc(Cl)c3)c3ccccc23)cc1S(=O)(=O)NC(C)(C)C. The number of sulfonamides is 1. The van der Waals surface area contributed by atoms with E-state index in [1.54, 1.807) is 25.1 Å². The predicted octanol–water partition coefficient (Wildman–Crippen LogP) is 6.08. The Morgan fingerprint density at radius 1 is 0.879 bits per heavy atom. The second-order valence-corrected chi connectivity index (χ2v) is 11.0. The Morgan fingerprint density at radius 3 is 2.30 bits per heavy atom. The highest BCUT2D eigenvalue weighted by molar-refractivity contribution is 7.89. The maximum absolute atomic E-state index is 13.0. The van der Waals surface area contributed by atoms with Crippen molar-refractivity contribution in [3.8, 4) is 11.3 Å². The molecule has 4 rings (SSSR count). The molecular formula is C25H25ClN4O2S. The van der Waals surface area contributed by atoms with Crippen LogP contribution in [0.3, 0.4) is 0 Å². The molecule has 0 amide bonds. The van der Waals surface area contributed by atoms with E-state index in [4.69, 9.17) is 11.6 Å². The lowest BCUT2D eigenvalue weighted by molar-refractivity contribution is 0.491. The minimum Gasteiger partial charge on any atom is -0.338 e. The second-order valence-electron chi connectivity index (χ2n) is 8.91. The number of benzene rings is 3. The summed E-state index contributed by atoms with van der Waals surface area (Å²) in [7, 11) is -3.71. The molecule has 4 aromatic rings. The minimum absolute atomic E-state index is 0.224. The second kappa shape index (κ2) is 8.74. The van der Waals surface area contributed by atoms with E-state index < -0.39 is 15.6 Å². The van der Waals surface area contributed by atoms with E-state index in [1.165, 1.54) is 0 Å². The fourth-order valence-electron chi connectivity index (χ4n) is 3.61. The van der Waals surface area contributed by atoms with E-state index in [-0.39, 0.29) is 4.90 Å². The number of halogens is 1. The summed E-state index contributed by atoms with van der Waals surface area (Å²) in [6.07, 6.45) is 0. The van der Waals surface area contributed by atoms with Crippen LogP contribution >= 0.6 is 11.6 Å². The van der Waals surface area contributed by atoms with Gasteiger partial charge in [0, 0.05) is 32.6 Å². The molecule has 6 nitrogen and oxygen atoms in total. The zero-order valence-corrected chi connectivity index (χ0v) is 20.4. The van der Waals surface area contributed by atoms with Crippen molar-refractivity contribution in [1.29, 1.82) is 0 Å². The maximum Gasteiger partial charge on any atom is 0.241 e. The van der Waals surface area contributed by atoms with E-state index in [9.17, 15) is 8.42 Å². The molecule has 0 saturated heterocycles. The molecule has 0 fully saturated rings. The van der Waals surface area contributed by atoms with Crippen LogP contribution in [0.5, 0.6) is 0 Å². The van der Waals surface area contributed by atoms with Crippen molar-refractivity contribution >= 4 is 43.9 Å². The van der Waals surface area contributed by atoms with Gasteiger partial charge in [0.1, 0.15) is 5.69 Å². The van der Waals surface area contributed by atoms with Crippen molar-refractivity contribution in [2.45, 2.75) is 38.1 Å². The standard InChI is InChI=1S/C25H25ClN4O2S/c1-16-12-13-17(14-22(16)33(31,32)30-25(2,3)4)23-20-10-5-6-11-21(20)24(29-28-23)27-19-9-7-8-18(26)15-19/h5-15,30H,1-4H3,(H,27,29). The first-order valence-electron chi connectivity index (χ1n) is 10.5. The van der Waals surface area contributed by atoms with Gasteiger partial charge < -0.3 is 5.32 Å².